The smallest absolute Gasteiger partial charge is 0.281 e. The molecule has 0 radical (unpaired) electrons. The molecular formula is C17H12Br2N2O3S. The summed E-state index contributed by atoms with van der Waals surface area (Å²) in [6, 6.07) is 10.5. The van der Waals surface area contributed by atoms with Gasteiger partial charge in [0, 0.05) is 0 Å². The van der Waals surface area contributed by atoms with Crippen molar-refractivity contribution < 1.29 is 14.6 Å². The zero-order chi connectivity index (χ0) is 18.1. The van der Waals surface area contributed by atoms with Gasteiger partial charge in [-0.25, -0.2) is 0 Å². The van der Waals surface area contributed by atoms with Crippen LogP contribution >= 0.6 is 44.1 Å². The van der Waals surface area contributed by atoms with Gasteiger partial charge in [0.05, 0.1) is 21.7 Å². The molecular weight excluding hydrogens is 472 g/mol. The lowest BCUT2D eigenvalue weighted by atomic mass is 10.2. The summed E-state index contributed by atoms with van der Waals surface area (Å²) in [5.41, 5.74) is 1.73. The molecule has 0 atom stereocenters. The first kappa shape index (κ1) is 17.9. The van der Waals surface area contributed by atoms with Crippen molar-refractivity contribution in [3.63, 3.8) is 0 Å². The molecule has 0 unspecified atom stereocenters. The van der Waals surface area contributed by atoms with Crippen LogP contribution in [0.1, 0.15) is 5.56 Å². The molecule has 0 spiro atoms. The predicted octanol–water partition coefficient (Wildman–Crippen LogP) is 4.19. The minimum Gasteiger partial charge on any atom is -0.506 e. The molecule has 1 aliphatic heterocycles. The van der Waals surface area contributed by atoms with Crippen molar-refractivity contribution in [3.8, 4) is 11.5 Å². The molecule has 2 N–H and O–H groups in total. The Kier molecular flexibility index (Phi) is 5.12. The quantitative estimate of drug-likeness (QED) is 0.506. The minimum atomic E-state index is -0.254. The summed E-state index contributed by atoms with van der Waals surface area (Å²) in [6.45, 7) is 0. The van der Waals surface area contributed by atoms with Gasteiger partial charge in [-0.2, -0.15) is 0 Å². The number of carbonyl (C=O) groups excluding carboxylic acids is 1. The van der Waals surface area contributed by atoms with E-state index < -0.39 is 0 Å². The standard InChI is InChI=1S/C17H12Br2N2O3S/c1-24-11-4-2-10(3-5-11)21-16(23)14(20-17(21)25)8-9-6-12(18)15(22)13(19)7-9/h2-8,22H,1H3,(H,20,25)/b14-8+. The van der Waals surface area contributed by atoms with E-state index in [1.165, 1.54) is 4.90 Å². The molecule has 1 aliphatic rings. The molecule has 128 valence electrons. The molecule has 3 rings (SSSR count). The van der Waals surface area contributed by atoms with Crippen molar-refractivity contribution in [2.45, 2.75) is 0 Å². The Morgan fingerprint density at radius 1 is 1.20 bits per heavy atom. The van der Waals surface area contributed by atoms with Gasteiger partial charge in [-0.1, -0.05) is 0 Å². The zero-order valence-electron chi connectivity index (χ0n) is 12.9. The first-order valence-electron chi connectivity index (χ1n) is 7.10. The van der Waals surface area contributed by atoms with Crippen molar-refractivity contribution in [2.75, 3.05) is 12.0 Å². The number of thiocarbonyl (C=S) groups is 1. The van der Waals surface area contributed by atoms with Gasteiger partial charge < -0.3 is 15.2 Å². The number of hydrogen-bond donors (Lipinski definition) is 2. The average Bonchev–Trinajstić information content (AvgIpc) is 2.86. The molecule has 1 amide bonds. The lowest BCUT2D eigenvalue weighted by molar-refractivity contribution is -0.113. The van der Waals surface area contributed by atoms with E-state index in [1.54, 1.807) is 49.6 Å². The molecule has 1 saturated heterocycles. The molecule has 0 bridgehead atoms. The van der Waals surface area contributed by atoms with E-state index >= 15 is 0 Å². The van der Waals surface area contributed by atoms with Crippen LogP contribution in [0.2, 0.25) is 0 Å². The fraction of sp³-hybridized carbons (Fsp3) is 0.0588. The van der Waals surface area contributed by atoms with Crippen molar-refractivity contribution in [3.05, 3.63) is 56.6 Å². The number of amides is 1. The summed E-state index contributed by atoms with van der Waals surface area (Å²) in [5.74, 6) is 0.544. The summed E-state index contributed by atoms with van der Waals surface area (Å²) in [6.07, 6.45) is 1.67. The summed E-state index contributed by atoms with van der Waals surface area (Å²) in [4.78, 5) is 14.1. The normalized spacial score (nSPS) is 15.6. The third-order valence-corrected chi connectivity index (χ3v) is 5.05. The van der Waals surface area contributed by atoms with Crippen LogP contribution in [0.3, 0.4) is 0 Å². The summed E-state index contributed by atoms with van der Waals surface area (Å²) in [5, 5.41) is 13.0. The van der Waals surface area contributed by atoms with Crippen molar-refractivity contribution in [1.29, 1.82) is 0 Å². The number of phenolic OH excluding ortho intramolecular Hbond substituents is 1. The van der Waals surface area contributed by atoms with Gasteiger partial charge in [0.1, 0.15) is 17.2 Å². The highest BCUT2D eigenvalue weighted by Gasteiger charge is 2.32. The minimum absolute atomic E-state index is 0.100. The third-order valence-electron chi connectivity index (χ3n) is 3.56. The molecule has 25 heavy (non-hydrogen) atoms. The van der Waals surface area contributed by atoms with Crippen LogP contribution in [0.25, 0.3) is 6.08 Å². The second-order valence-electron chi connectivity index (χ2n) is 5.16. The maximum Gasteiger partial charge on any atom is 0.281 e. The number of halogens is 2. The van der Waals surface area contributed by atoms with Crippen LogP contribution in [-0.4, -0.2) is 23.2 Å². The number of aromatic hydroxyl groups is 1. The molecule has 2 aromatic carbocycles. The van der Waals surface area contributed by atoms with Crippen molar-refractivity contribution in [2.24, 2.45) is 0 Å². The van der Waals surface area contributed by atoms with Gasteiger partial charge >= 0.3 is 0 Å². The highest BCUT2D eigenvalue weighted by atomic mass is 79.9. The number of benzene rings is 2. The number of nitrogens with zero attached hydrogens (tertiary/aromatic N) is 1. The fourth-order valence-electron chi connectivity index (χ4n) is 2.34. The molecule has 0 saturated carbocycles. The van der Waals surface area contributed by atoms with E-state index in [0.717, 1.165) is 5.56 Å². The van der Waals surface area contributed by atoms with Crippen molar-refractivity contribution >= 4 is 66.9 Å². The van der Waals surface area contributed by atoms with Crippen LogP contribution in [0.15, 0.2) is 51.0 Å². The van der Waals surface area contributed by atoms with Crippen LogP contribution in [0, 0.1) is 0 Å². The number of nitrogens with one attached hydrogen (secondary N) is 1. The number of anilines is 1. The number of methoxy groups -OCH3 is 1. The molecule has 1 heterocycles. The first-order chi connectivity index (χ1) is 11.9. The lowest BCUT2D eigenvalue weighted by Gasteiger charge is -2.14. The number of phenols is 1. The number of rotatable bonds is 3. The van der Waals surface area contributed by atoms with E-state index in [1.807, 2.05) is 0 Å². The van der Waals surface area contributed by atoms with Crippen molar-refractivity contribution in [1.82, 2.24) is 5.32 Å². The second kappa shape index (κ2) is 7.15. The number of ether oxygens (including phenoxy) is 1. The maximum absolute atomic E-state index is 12.7. The van der Waals surface area contributed by atoms with Crippen LogP contribution in [0.4, 0.5) is 5.69 Å². The number of carbonyl (C=O) groups is 1. The van der Waals surface area contributed by atoms with Gasteiger partial charge in [-0.3, -0.25) is 9.69 Å². The van der Waals surface area contributed by atoms with Gasteiger partial charge in [-0.15, -0.1) is 0 Å². The molecule has 0 aromatic heterocycles. The molecule has 1 fully saturated rings. The Balaban J connectivity index is 1.92. The Morgan fingerprint density at radius 3 is 2.36 bits per heavy atom. The zero-order valence-corrected chi connectivity index (χ0v) is 16.9. The fourth-order valence-corrected chi connectivity index (χ4v) is 3.86. The van der Waals surface area contributed by atoms with E-state index in [2.05, 4.69) is 37.2 Å². The van der Waals surface area contributed by atoms with E-state index in [-0.39, 0.29) is 11.7 Å². The van der Waals surface area contributed by atoms with Gasteiger partial charge in [0.15, 0.2) is 5.11 Å². The Morgan fingerprint density at radius 2 is 1.80 bits per heavy atom. The summed E-state index contributed by atoms with van der Waals surface area (Å²) < 4.78 is 6.17. The first-order valence-corrected chi connectivity index (χ1v) is 9.09. The van der Waals surface area contributed by atoms with Crippen LogP contribution in [-0.2, 0) is 4.79 Å². The maximum atomic E-state index is 12.7. The Labute approximate surface area is 166 Å². The second-order valence-corrected chi connectivity index (χ2v) is 7.26. The van der Waals surface area contributed by atoms with Gasteiger partial charge in [0.2, 0.25) is 0 Å². The molecule has 5 nitrogen and oxygen atoms in total. The van der Waals surface area contributed by atoms with Crippen LogP contribution < -0.4 is 15.0 Å². The Bertz CT molecular complexity index is 874. The molecule has 8 heteroatoms. The molecule has 0 aliphatic carbocycles. The third kappa shape index (κ3) is 3.56. The van der Waals surface area contributed by atoms with Gasteiger partial charge in [-0.05, 0) is 92.1 Å². The SMILES string of the molecule is COc1ccc(N2C(=O)/C(=C\c3cc(Br)c(O)c(Br)c3)NC2=S)cc1. The largest absolute Gasteiger partial charge is 0.506 e. The topological polar surface area (TPSA) is 61.8 Å². The summed E-state index contributed by atoms with van der Waals surface area (Å²) >= 11 is 11.8. The summed E-state index contributed by atoms with van der Waals surface area (Å²) in [7, 11) is 1.58. The Hall–Kier alpha value is -1.90. The van der Waals surface area contributed by atoms with E-state index in [9.17, 15) is 9.90 Å². The average molecular weight is 484 g/mol. The highest BCUT2D eigenvalue weighted by molar-refractivity contribution is 9.11. The van der Waals surface area contributed by atoms with E-state index in [4.69, 9.17) is 17.0 Å². The molecule has 2 aromatic rings. The predicted molar refractivity (Wildman–Crippen MR) is 108 cm³/mol. The number of hydrogen-bond acceptors (Lipinski definition) is 4. The monoisotopic (exact) mass is 482 g/mol. The highest BCUT2D eigenvalue weighted by Crippen LogP contribution is 2.34. The lowest BCUT2D eigenvalue weighted by Crippen LogP contribution is -2.30. The van der Waals surface area contributed by atoms with E-state index in [0.29, 0.717) is 31.2 Å². The van der Waals surface area contributed by atoms with Gasteiger partial charge in [0.25, 0.3) is 5.91 Å². The van der Waals surface area contributed by atoms with Crippen LogP contribution in [0.5, 0.6) is 11.5 Å².